The molecule has 1 rings (SSSR count). The third kappa shape index (κ3) is 6.40. The number of unbranched alkanes of at least 4 members (excludes halogenated alkanes) is 1. The van der Waals surface area contributed by atoms with Crippen molar-refractivity contribution in [3.63, 3.8) is 0 Å². The normalized spacial score (nSPS) is 14.1. The van der Waals surface area contributed by atoms with Crippen LogP contribution >= 0.6 is 11.6 Å². The van der Waals surface area contributed by atoms with E-state index in [-0.39, 0.29) is 0 Å². The maximum atomic E-state index is 6.49. The maximum absolute atomic E-state index is 6.49. The minimum Gasteiger partial charge on any atom is -0.310 e. The minimum atomic E-state index is 0.389. The summed E-state index contributed by atoms with van der Waals surface area (Å²) in [5, 5.41) is 4.61. The van der Waals surface area contributed by atoms with E-state index >= 15 is 0 Å². The number of rotatable bonds is 10. The summed E-state index contributed by atoms with van der Waals surface area (Å²) in [6.45, 7) is 9.96. The Morgan fingerprint density at radius 2 is 1.90 bits per heavy atom. The molecule has 2 unspecified atom stereocenters. The van der Waals surface area contributed by atoms with Crippen molar-refractivity contribution in [3.8, 4) is 0 Å². The predicted octanol–water partition coefficient (Wildman–Crippen LogP) is 6.30. The van der Waals surface area contributed by atoms with Crippen LogP contribution in [0.5, 0.6) is 0 Å². The first kappa shape index (κ1) is 18.5. The second-order valence-electron chi connectivity index (χ2n) is 6.18. The van der Waals surface area contributed by atoms with Crippen molar-refractivity contribution in [2.75, 3.05) is 6.54 Å². The maximum Gasteiger partial charge on any atom is 0.0456 e. The lowest BCUT2D eigenvalue weighted by atomic mass is 9.89. The fraction of sp³-hybridized carbons (Fsp3) is 0.684. The molecule has 0 heterocycles. The number of aryl methyl sites for hydroxylation is 1. The van der Waals surface area contributed by atoms with E-state index in [1.54, 1.807) is 0 Å². The molecule has 0 aliphatic rings. The molecule has 0 fully saturated rings. The number of hydrogen-bond acceptors (Lipinski definition) is 1. The summed E-state index contributed by atoms with van der Waals surface area (Å²) < 4.78 is 0. The quantitative estimate of drug-likeness (QED) is 0.535. The number of nitrogens with one attached hydrogen (secondary N) is 1. The van der Waals surface area contributed by atoms with E-state index in [1.807, 2.05) is 0 Å². The van der Waals surface area contributed by atoms with Crippen LogP contribution in [0, 0.1) is 12.8 Å². The van der Waals surface area contributed by atoms with Gasteiger partial charge in [0.1, 0.15) is 0 Å². The minimum absolute atomic E-state index is 0.389. The highest BCUT2D eigenvalue weighted by molar-refractivity contribution is 6.31. The highest BCUT2D eigenvalue weighted by Crippen LogP contribution is 2.31. The molecule has 2 atom stereocenters. The van der Waals surface area contributed by atoms with Crippen LogP contribution in [0.25, 0.3) is 0 Å². The molecular formula is C19H32ClN. The lowest BCUT2D eigenvalue weighted by molar-refractivity contribution is 0.354. The van der Waals surface area contributed by atoms with E-state index in [1.165, 1.54) is 43.2 Å². The van der Waals surface area contributed by atoms with Crippen LogP contribution in [0.15, 0.2) is 18.2 Å². The molecule has 2 heteroatoms. The van der Waals surface area contributed by atoms with Crippen LogP contribution in [-0.2, 0) is 0 Å². The van der Waals surface area contributed by atoms with E-state index in [2.05, 4.69) is 51.2 Å². The molecule has 1 aromatic rings. The summed E-state index contributed by atoms with van der Waals surface area (Å²) in [5.41, 5.74) is 2.50. The molecule has 0 aliphatic carbocycles. The third-order valence-corrected chi connectivity index (χ3v) is 4.61. The van der Waals surface area contributed by atoms with Crippen LogP contribution in [0.1, 0.15) is 76.5 Å². The SMILES string of the molecule is CCCCC(CC)CC(NCCC)c1ccc(C)cc1Cl. The lowest BCUT2D eigenvalue weighted by Crippen LogP contribution is -2.25. The van der Waals surface area contributed by atoms with Crippen LogP contribution in [0.3, 0.4) is 0 Å². The molecule has 21 heavy (non-hydrogen) atoms. The average molecular weight is 310 g/mol. The van der Waals surface area contributed by atoms with Gasteiger partial charge in [0.25, 0.3) is 0 Å². The number of halogens is 1. The van der Waals surface area contributed by atoms with Gasteiger partial charge in [-0.25, -0.2) is 0 Å². The smallest absolute Gasteiger partial charge is 0.0456 e. The van der Waals surface area contributed by atoms with Gasteiger partial charge in [0.2, 0.25) is 0 Å². The Morgan fingerprint density at radius 1 is 1.14 bits per heavy atom. The summed E-state index contributed by atoms with van der Waals surface area (Å²) in [6, 6.07) is 6.86. The van der Waals surface area contributed by atoms with Gasteiger partial charge >= 0.3 is 0 Å². The van der Waals surface area contributed by atoms with E-state index in [4.69, 9.17) is 11.6 Å². The third-order valence-electron chi connectivity index (χ3n) is 4.28. The molecule has 0 amide bonds. The lowest BCUT2D eigenvalue weighted by Gasteiger charge is -2.25. The van der Waals surface area contributed by atoms with Gasteiger partial charge in [-0.1, -0.05) is 70.2 Å². The van der Waals surface area contributed by atoms with Gasteiger partial charge in [0, 0.05) is 11.1 Å². The van der Waals surface area contributed by atoms with E-state index in [9.17, 15) is 0 Å². The number of benzene rings is 1. The topological polar surface area (TPSA) is 12.0 Å². The first-order valence-corrected chi connectivity index (χ1v) is 8.99. The monoisotopic (exact) mass is 309 g/mol. The fourth-order valence-corrected chi connectivity index (χ4v) is 3.24. The summed E-state index contributed by atoms with van der Waals surface area (Å²) in [7, 11) is 0. The van der Waals surface area contributed by atoms with E-state index < -0.39 is 0 Å². The van der Waals surface area contributed by atoms with Crippen molar-refractivity contribution >= 4 is 11.6 Å². The van der Waals surface area contributed by atoms with Crippen molar-refractivity contribution in [2.45, 2.75) is 72.3 Å². The average Bonchev–Trinajstić information content (AvgIpc) is 2.47. The predicted molar refractivity (Wildman–Crippen MR) is 95.1 cm³/mol. The largest absolute Gasteiger partial charge is 0.310 e. The highest BCUT2D eigenvalue weighted by atomic mass is 35.5. The Labute approximate surface area is 136 Å². The molecule has 120 valence electrons. The van der Waals surface area contributed by atoms with Gasteiger partial charge in [0.05, 0.1) is 0 Å². The Kier molecular flexibility index (Phi) is 9.03. The van der Waals surface area contributed by atoms with Crippen molar-refractivity contribution in [1.82, 2.24) is 5.32 Å². The Bertz CT molecular complexity index is 403. The molecule has 1 aromatic carbocycles. The molecule has 0 saturated heterocycles. The fourth-order valence-electron chi connectivity index (χ4n) is 2.87. The van der Waals surface area contributed by atoms with Gasteiger partial charge in [-0.2, -0.15) is 0 Å². The summed E-state index contributed by atoms with van der Waals surface area (Å²) in [5.74, 6) is 0.789. The molecule has 0 aromatic heterocycles. The molecule has 0 radical (unpaired) electrons. The first-order valence-electron chi connectivity index (χ1n) is 8.61. The molecular weight excluding hydrogens is 278 g/mol. The van der Waals surface area contributed by atoms with Gasteiger partial charge in [0.15, 0.2) is 0 Å². The second kappa shape index (κ2) is 10.2. The summed E-state index contributed by atoms with van der Waals surface area (Å²) in [6.07, 6.45) is 7.56. The van der Waals surface area contributed by atoms with Gasteiger partial charge in [-0.05, 0) is 49.4 Å². The van der Waals surface area contributed by atoms with E-state index in [0.29, 0.717) is 6.04 Å². The Hall–Kier alpha value is -0.530. The van der Waals surface area contributed by atoms with Crippen molar-refractivity contribution in [2.24, 2.45) is 5.92 Å². The molecule has 0 saturated carbocycles. The van der Waals surface area contributed by atoms with Crippen molar-refractivity contribution < 1.29 is 0 Å². The summed E-state index contributed by atoms with van der Waals surface area (Å²) in [4.78, 5) is 0. The zero-order valence-electron chi connectivity index (χ0n) is 14.2. The van der Waals surface area contributed by atoms with Crippen LogP contribution in [0.4, 0.5) is 0 Å². The van der Waals surface area contributed by atoms with Crippen LogP contribution < -0.4 is 5.32 Å². The zero-order chi connectivity index (χ0) is 15.7. The summed E-state index contributed by atoms with van der Waals surface area (Å²) >= 11 is 6.49. The molecule has 0 aliphatic heterocycles. The molecule has 1 N–H and O–H groups in total. The van der Waals surface area contributed by atoms with Gasteiger partial charge in [-0.15, -0.1) is 0 Å². The number of hydrogen-bond donors (Lipinski definition) is 1. The van der Waals surface area contributed by atoms with Gasteiger partial charge < -0.3 is 5.32 Å². The van der Waals surface area contributed by atoms with Crippen LogP contribution in [-0.4, -0.2) is 6.54 Å². The molecule has 1 nitrogen and oxygen atoms in total. The Morgan fingerprint density at radius 3 is 2.48 bits per heavy atom. The molecule has 0 bridgehead atoms. The highest BCUT2D eigenvalue weighted by Gasteiger charge is 2.18. The standard InChI is InChI=1S/C19H32ClN/c1-5-8-9-16(7-3)14-19(21-12-6-2)17-11-10-15(4)13-18(17)20/h10-11,13,16,19,21H,5-9,12,14H2,1-4H3. The first-order chi connectivity index (χ1) is 10.1. The Balaban J connectivity index is 2.83. The second-order valence-corrected chi connectivity index (χ2v) is 6.59. The zero-order valence-corrected chi connectivity index (χ0v) is 15.0. The van der Waals surface area contributed by atoms with Crippen LogP contribution in [0.2, 0.25) is 5.02 Å². The van der Waals surface area contributed by atoms with Gasteiger partial charge in [-0.3, -0.25) is 0 Å². The van der Waals surface area contributed by atoms with E-state index in [0.717, 1.165) is 23.9 Å². The van der Waals surface area contributed by atoms with Crippen molar-refractivity contribution in [3.05, 3.63) is 34.3 Å². The molecule has 0 spiro atoms. The van der Waals surface area contributed by atoms with Crippen molar-refractivity contribution in [1.29, 1.82) is 0 Å².